The first-order valence-corrected chi connectivity index (χ1v) is 18.3. The van der Waals surface area contributed by atoms with E-state index in [4.69, 9.17) is 14.6 Å². The van der Waals surface area contributed by atoms with Gasteiger partial charge in [-0.2, -0.15) is 18.3 Å². The van der Waals surface area contributed by atoms with Crippen LogP contribution in [0.2, 0.25) is 0 Å². The number of alkyl halides is 3. The van der Waals surface area contributed by atoms with E-state index < -0.39 is 12.1 Å². The number of halogens is 3. The van der Waals surface area contributed by atoms with Crippen LogP contribution in [0.25, 0.3) is 5.69 Å². The molecule has 276 valence electrons. The Morgan fingerprint density at radius 2 is 1.64 bits per heavy atom. The summed E-state index contributed by atoms with van der Waals surface area (Å²) in [5.74, 6) is -1.60. The van der Waals surface area contributed by atoms with Gasteiger partial charge in [0.2, 0.25) is 0 Å². The molecule has 3 saturated heterocycles. The zero-order valence-corrected chi connectivity index (χ0v) is 29.4. The van der Waals surface area contributed by atoms with Crippen LogP contribution < -0.4 is 0 Å². The van der Waals surface area contributed by atoms with Crippen LogP contribution in [0, 0.1) is 18.8 Å². The Morgan fingerprint density at radius 3 is 2.24 bits per heavy atom. The number of piperidine rings is 2. The van der Waals surface area contributed by atoms with E-state index >= 15 is 0 Å². The van der Waals surface area contributed by atoms with Gasteiger partial charge < -0.3 is 19.6 Å². The number of carbonyl (C=O) groups is 3. The van der Waals surface area contributed by atoms with E-state index in [2.05, 4.69) is 21.8 Å². The summed E-state index contributed by atoms with van der Waals surface area (Å²) in [6, 6.07) is 10.5. The molecule has 50 heavy (non-hydrogen) atoms. The largest absolute Gasteiger partial charge is 0.490 e. The molecule has 2 aromatic rings. The van der Waals surface area contributed by atoms with Crippen molar-refractivity contribution < 1.29 is 37.4 Å². The van der Waals surface area contributed by atoms with E-state index in [0.29, 0.717) is 23.4 Å². The molecule has 1 aliphatic carbocycles. The summed E-state index contributed by atoms with van der Waals surface area (Å²) in [5, 5.41) is 11.6. The third kappa shape index (κ3) is 8.99. The smallest absolute Gasteiger partial charge is 0.475 e. The summed E-state index contributed by atoms with van der Waals surface area (Å²) < 4.78 is 40.0. The molecule has 1 spiro atoms. The zero-order chi connectivity index (χ0) is 35.9. The standard InChI is InChI=1S/C35H51N5O3.C2HF3O2/c1-3-4-13-29-26-39(25-28-11-7-5-8-12-28)34(42)43-35(29)18-22-37(23-19-35)30-16-20-38(21-17-30)33(41)32-24-36-40(27(32)2)31-14-9-6-10-15-31;3-2(4,5)1(6)7/h6,9-10,14-15,24,28-30H,3-5,7-8,11-13,16-23,25-26H2,1-2H3;(H,6,7). The number of amides is 2. The van der Waals surface area contributed by atoms with Gasteiger partial charge in [0.1, 0.15) is 5.60 Å². The highest BCUT2D eigenvalue weighted by molar-refractivity contribution is 5.95. The Labute approximate surface area is 292 Å². The number of carbonyl (C=O) groups excluding carboxylic acids is 2. The van der Waals surface area contributed by atoms with Crippen molar-refractivity contribution in [3.05, 3.63) is 47.8 Å². The highest BCUT2D eigenvalue weighted by Crippen LogP contribution is 2.42. The molecule has 10 nitrogen and oxygen atoms in total. The van der Waals surface area contributed by atoms with Crippen LogP contribution in [-0.2, 0) is 9.53 Å². The number of hydrogen-bond donors (Lipinski definition) is 1. The van der Waals surface area contributed by atoms with E-state index in [9.17, 15) is 22.8 Å². The molecule has 0 radical (unpaired) electrons. The van der Waals surface area contributed by atoms with Crippen molar-refractivity contribution in [1.82, 2.24) is 24.5 Å². The Kier molecular flexibility index (Phi) is 12.5. The molecule has 13 heteroatoms. The highest BCUT2D eigenvalue weighted by Gasteiger charge is 2.50. The van der Waals surface area contributed by atoms with Gasteiger partial charge in [0.25, 0.3) is 5.91 Å². The predicted octanol–water partition coefficient (Wildman–Crippen LogP) is 7.09. The second kappa shape index (κ2) is 16.6. The minimum Gasteiger partial charge on any atom is -0.475 e. The minimum atomic E-state index is -5.08. The van der Waals surface area contributed by atoms with E-state index in [1.807, 2.05) is 46.8 Å². The molecule has 6 rings (SSSR count). The van der Waals surface area contributed by atoms with Crippen LogP contribution in [-0.4, -0.2) is 105 Å². The van der Waals surface area contributed by atoms with Crippen molar-refractivity contribution in [1.29, 1.82) is 0 Å². The number of aliphatic carboxylic acids is 1. The maximum atomic E-state index is 13.5. The predicted molar refractivity (Wildman–Crippen MR) is 182 cm³/mol. The number of ether oxygens (including phenoxy) is 1. The molecular formula is C37H52F3N5O5. The van der Waals surface area contributed by atoms with Gasteiger partial charge in [-0.15, -0.1) is 0 Å². The molecule has 1 atom stereocenters. The Morgan fingerprint density at radius 1 is 1.00 bits per heavy atom. The summed E-state index contributed by atoms with van der Waals surface area (Å²) in [7, 11) is 0. The summed E-state index contributed by atoms with van der Waals surface area (Å²) >= 11 is 0. The summed E-state index contributed by atoms with van der Waals surface area (Å²) in [6.45, 7) is 9.47. The number of hydrogen-bond acceptors (Lipinski definition) is 6. The fraction of sp³-hybridized carbons (Fsp3) is 0.676. The molecule has 1 saturated carbocycles. The Bertz CT molecular complexity index is 1430. The number of rotatable bonds is 8. The second-order valence-electron chi connectivity index (χ2n) is 14.4. The number of nitrogens with zero attached hydrogens (tertiary/aromatic N) is 5. The van der Waals surface area contributed by atoms with Gasteiger partial charge >= 0.3 is 18.2 Å². The fourth-order valence-corrected chi connectivity index (χ4v) is 8.30. The van der Waals surface area contributed by atoms with Crippen molar-refractivity contribution in [2.75, 3.05) is 39.3 Å². The number of aromatic nitrogens is 2. The maximum absolute atomic E-state index is 13.5. The summed E-state index contributed by atoms with van der Waals surface area (Å²) in [4.78, 5) is 42.4. The molecule has 4 fully saturated rings. The first-order valence-electron chi connectivity index (χ1n) is 18.3. The van der Waals surface area contributed by atoms with Crippen LogP contribution in [0.4, 0.5) is 18.0 Å². The molecule has 0 bridgehead atoms. The quantitative estimate of drug-likeness (QED) is 0.313. The first kappa shape index (κ1) is 37.6. The van der Waals surface area contributed by atoms with Gasteiger partial charge in [0.15, 0.2) is 0 Å². The van der Waals surface area contributed by atoms with Crippen LogP contribution in [0.5, 0.6) is 0 Å². The van der Waals surface area contributed by atoms with Gasteiger partial charge in [0.05, 0.1) is 23.1 Å². The van der Waals surface area contributed by atoms with Gasteiger partial charge in [-0.3, -0.25) is 9.69 Å². The SMILES string of the molecule is CCCCC1CN(CC2CCCCC2)C(=O)OC12CCN(C1CCN(C(=O)c3cnn(-c4ccccc4)c3C)CC1)CC2.O=C(O)C(F)(F)F. The molecule has 1 aromatic heterocycles. The average molecular weight is 704 g/mol. The second-order valence-corrected chi connectivity index (χ2v) is 14.4. The minimum absolute atomic E-state index is 0.0653. The third-order valence-electron chi connectivity index (χ3n) is 11.2. The topological polar surface area (TPSA) is 108 Å². The summed E-state index contributed by atoms with van der Waals surface area (Å²) in [5.41, 5.74) is 2.24. The maximum Gasteiger partial charge on any atom is 0.490 e. The van der Waals surface area contributed by atoms with Gasteiger partial charge in [0, 0.05) is 64.1 Å². The number of unbranched alkanes of at least 4 members (excludes halogenated alkanes) is 1. The molecule has 2 amide bonds. The van der Waals surface area contributed by atoms with Crippen molar-refractivity contribution in [3.63, 3.8) is 0 Å². The molecule has 4 heterocycles. The number of para-hydroxylation sites is 1. The molecule has 4 aliphatic rings. The molecule has 1 N–H and O–H groups in total. The highest BCUT2D eigenvalue weighted by atomic mass is 19.4. The Hall–Kier alpha value is -3.61. The van der Waals surface area contributed by atoms with Gasteiger partial charge in [-0.05, 0) is 57.1 Å². The molecule has 1 unspecified atom stereocenters. The van der Waals surface area contributed by atoms with E-state index in [-0.39, 0.29) is 17.6 Å². The van der Waals surface area contributed by atoms with Gasteiger partial charge in [-0.1, -0.05) is 57.2 Å². The van der Waals surface area contributed by atoms with Crippen molar-refractivity contribution in [2.45, 2.75) is 109 Å². The molecule has 1 aromatic carbocycles. The number of likely N-dealkylation sites (tertiary alicyclic amines) is 2. The van der Waals surface area contributed by atoms with Crippen molar-refractivity contribution in [3.8, 4) is 5.69 Å². The van der Waals surface area contributed by atoms with Crippen LogP contribution in [0.1, 0.15) is 100 Å². The van der Waals surface area contributed by atoms with Crippen molar-refractivity contribution in [2.24, 2.45) is 11.8 Å². The third-order valence-corrected chi connectivity index (χ3v) is 11.2. The normalized spacial score (nSPS) is 22.2. The van der Waals surface area contributed by atoms with Crippen LogP contribution in [0.3, 0.4) is 0 Å². The fourth-order valence-electron chi connectivity index (χ4n) is 8.30. The van der Waals surface area contributed by atoms with E-state index in [0.717, 1.165) is 82.8 Å². The zero-order valence-electron chi connectivity index (χ0n) is 29.4. The van der Waals surface area contributed by atoms with E-state index in [1.165, 1.54) is 44.9 Å². The van der Waals surface area contributed by atoms with Crippen LogP contribution >= 0.6 is 0 Å². The average Bonchev–Trinajstić information content (AvgIpc) is 3.50. The lowest BCUT2D eigenvalue weighted by molar-refractivity contribution is -0.192. The monoisotopic (exact) mass is 703 g/mol. The Balaban J connectivity index is 0.000000630. The number of carboxylic acids is 1. The lowest BCUT2D eigenvalue weighted by Gasteiger charge is -2.52. The molecule has 3 aliphatic heterocycles. The van der Waals surface area contributed by atoms with Crippen LogP contribution in [0.15, 0.2) is 36.5 Å². The van der Waals surface area contributed by atoms with E-state index in [1.54, 1.807) is 6.20 Å². The summed E-state index contributed by atoms with van der Waals surface area (Å²) in [6.07, 6.45) is 10.4. The lowest BCUT2D eigenvalue weighted by atomic mass is 9.75. The molecular weight excluding hydrogens is 651 g/mol. The first-order chi connectivity index (χ1) is 23.9. The number of benzene rings is 1. The van der Waals surface area contributed by atoms with Crippen molar-refractivity contribution >= 4 is 18.0 Å². The van der Waals surface area contributed by atoms with Gasteiger partial charge in [-0.25, -0.2) is 14.3 Å². The lowest BCUT2D eigenvalue weighted by Crippen LogP contribution is -2.61. The number of carboxylic acid groups (broad SMARTS) is 1.